The van der Waals surface area contributed by atoms with Gasteiger partial charge in [0.25, 0.3) is 5.91 Å². The van der Waals surface area contributed by atoms with Crippen LogP contribution in [0.2, 0.25) is 5.02 Å². The van der Waals surface area contributed by atoms with Crippen molar-refractivity contribution in [2.45, 2.75) is 40.0 Å². The molecule has 0 radical (unpaired) electrons. The minimum Gasteiger partial charge on any atom is -0.396 e. The van der Waals surface area contributed by atoms with Gasteiger partial charge in [-0.25, -0.2) is 0 Å². The Morgan fingerprint density at radius 2 is 2.12 bits per heavy atom. The summed E-state index contributed by atoms with van der Waals surface area (Å²) in [6.07, 6.45) is 2.67. The van der Waals surface area contributed by atoms with Gasteiger partial charge in [-0.3, -0.25) is 9.59 Å². The van der Waals surface area contributed by atoms with E-state index in [2.05, 4.69) is 19.2 Å². The van der Waals surface area contributed by atoms with E-state index in [1.54, 1.807) is 23.1 Å². The Bertz CT molecular complexity index is 648. The number of aliphatic hydroxyl groups excluding tert-OH is 1. The van der Waals surface area contributed by atoms with E-state index in [1.165, 1.54) is 6.92 Å². The van der Waals surface area contributed by atoms with Crippen LogP contribution in [0, 0.1) is 11.3 Å². The van der Waals surface area contributed by atoms with Gasteiger partial charge < -0.3 is 15.3 Å². The second-order valence-electron chi connectivity index (χ2n) is 7.46. The van der Waals surface area contributed by atoms with Crippen LogP contribution in [0.5, 0.6) is 0 Å². The molecule has 1 atom stereocenters. The minimum atomic E-state index is -0.246. The maximum Gasteiger partial charge on any atom is 0.255 e. The molecular formula is C19H27ClN2O3. The molecule has 2 amide bonds. The first-order chi connectivity index (χ1) is 11.8. The van der Waals surface area contributed by atoms with Crippen molar-refractivity contribution in [3.05, 3.63) is 28.8 Å². The highest BCUT2D eigenvalue weighted by molar-refractivity contribution is 6.34. The second-order valence-corrected chi connectivity index (χ2v) is 7.87. The van der Waals surface area contributed by atoms with Crippen LogP contribution in [0.1, 0.15) is 50.4 Å². The number of hydrogen-bond acceptors (Lipinski definition) is 3. The zero-order valence-corrected chi connectivity index (χ0v) is 15.9. The van der Waals surface area contributed by atoms with Crippen molar-refractivity contribution < 1.29 is 14.7 Å². The van der Waals surface area contributed by atoms with E-state index >= 15 is 0 Å². The van der Waals surface area contributed by atoms with E-state index in [9.17, 15) is 14.7 Å². The first kappa shape index (κ1) is 19.7. The number of anilines is 1. The summed E-state index contributed by atoms with van der Waals surface area (Å²) in [6.45, 7) is 6.94. The lowest BCUT2D eigenvalue weighted by Gasteiger charge is -2.43. The molecule has 0 aromatic heterocycles. The molecule has 1 aliphatic heterocycles. The van der Waals surface area contributed by atoms with Gasteiger partial charge in [0.2, 0.25) is 5.91 Å². The van der Waals surface area contributed by atoms with E-state index < -0.39 is 0 Å². The molecule has 1 heterocycles. The summed E-state index contributed by atoms with van der Waals surface area (Å²) in [7, 11) is 0. The Kier molecular flexibility index (Phi) is 6.47. The largest absolute Gasteiger partial charge is 0.396 e. The molecule has 5 nitrogen and oxygen atoms in total. The summed E-state index contributed by atoms with van der Waals surface area (Å²) in [5.41, 5.74) is 0.683. The lowest BCUT2D eigenvalue weighted by molar-refractivity contribution is -0.114. The Labute approximate surface area is 154 Å². The number of carbonyl (C=O) groups excluding carboxylic acids is 2. The number of carbonyl (C=O) groups is 2. The molecule has 0 bridgehead atoms. The van der Waals surface area contributed by atoms with Crippen LogP contribution in [0.4, 0.5) is 5.69 Å². The fourth-order valence-electron chi connectivity index (χ4n) is 3.75. The van der Waals surface area contributed by atoms with Crippen molar-refractivity contribution in [1.82, 2.24) is 4.90 Å². The molecule has 6 heteroatoms. The Morgan fingerprint density at radius 3 is 2.72 bits per heavy atom. The maximum absolute atomic E-state index is 13.0. The van der Waals surface area contributed by atoms with E-state index in [1.807, 2.05) is 0 Å². The van der Waals surface area contributed by atoms with Crippen LogP contribution in [-0.4, -0.2) is 41.5 Å². The van der Waals surface area contributed by atoms with Gasteiger partial charge in [-0.05, 0) is 43.4 Å². The van der Waals surface area contributed by atoms with Crippen molar-refractivity contribution in [2.75, 3.05) is 25.0 Å². The molecule has 2 N–H and O–H groups in total. The van der Waals surface area contributed by atoms with Gasteiger partial charge in [0.15, 0.2) is 0 Å². The summed E-state index contributed by atoms with van der Waals surface area (Å²) < 4.78 is 0. The molecule has 2 rings (SSSR count). The number of aliphatic hydroxyl groups is 1. The topological polar surface area (TPSA) is 69.6 Å². The monoisotopic (exact) mass is 366 g/mol. The second kappa shape index (κ2) is 8.19. The number of likely N-dealkylation sites (tertiary alicyclic amines) is 1. The van der Waals surface area contributed by atoms with E-state index in [0.717, 1.165) is 19.3 Å². The molecule has 0 unspecified atom stereocenters. The maximum atomic E-state index is 13.0. The lowest BCUT2D eigenvalue weighted by Crippen LogP contribution is -2.48. The van der Waals surface area contributed by atoms with Gasteiger partial charge in [-0.1, -0.05) is 25.4 Å². The molecule has 1 aromatic rings. The molecule has 1 saturated heterocycles. The fourth-order valence-corrected chi connectivity index (χ4v) is 3.95. The number of nitrogens with zero attached hydrogens (tertiary/aromatic N) is 1. The van der Waals surface area contributed by atoms with E-state index in [4.69, 9.17) is 11.6 Å². The van der Waals surface area contributed by atoms with Crippen molar-refractivity contribution in [2.24, 2.45) is 11.3 Å². The van der Waals surface area contributed by atoms with Crippen LogP contribution < -0.4 is 5.32 Å². The molecular weight excluding hydrogens is 340 g/mol. The van der Waals surface area contributed by atoms with Crippen molar-refractivity contribution in [3.63, 3.8) is 0 Å². The van der Waals surface area contributed by atoms with Crippen LogP contribution in [0.25, 0.3) is 0 Å². The highest BCUT2D eigenvalue weighted by Gasteiger charge is 2.37. The number of nitrogens with one attached hydrogen (secondary N) is 1. The highest BCUT2D eigenvalue weighted by atomic mass is 35.5. The van der Waals surface area contributed by atoms with Gasteiger partial charge in [0, 0.05) is 31.1 Å². The van der Waals surface area contributed by atoms with Gasteiger partial charge in [0.1, 0.15) is 0 Å². The summed E-state index contributed by atoms with van der Waals surface area (Å²) in [5, 5.41) is 13.0. The van der Waals surface area contributed by atoms with Crippen molar-refractivity contribution in [1.29, 1.82) is 0 Å². The van der Waals surface area contributed by atoms with Gasteiger partial charge in [-0.2, -0.15) is 0 Å². The summed E-state index contributed by atoms with van der Waals surface area (Å²) in [4.78, 5) is 26.0. The average Bonchev–Trinajstić information content (AvgIpc) is 2.55. The smallest absolute Gasteiger partial charge is 0.255 e. The predicted molar refractivity (Wildman–Crippen MR) is 99.9 cm³/mol. The number of hydrogen-bond donors (Lipinski definition) is 2. The first-order valence-corrected chi connectivity index (χ1v) is 9.11. The van der Waals surface area contributed by atoms with E-state index in [0.29, 0.717) is 35.3 Å². The van der Waals surface area contributed by atoms with E-state index in [-0.39, 0.29) is 23.8 Å². The molecule has 1 aromatic carbocycles. The molecule has 138 valence electrons. The summed E-state index contributed by atoms with van der Waals surface area (Å²) in [5.74, 6) is 0.0993. The number of halogens is 1. The minimum absolute atomic E-state index is 0.0780. The van der Waals surface area contributed by atoms with Crippen LogP contribution in [0.3, 0.4) is 0 Å². The number of amides is 2. The third-order valence-electron chi connectivity index (χ3n) is 4.64. The quantitative estimate of drug-likeness (QED) is 0.837. The molecule has 1 fully saturated rings. The SMILES string of the molecule is CC(=O)Nc1ccc(Cl)c(C(=O)N2CCC[C@](CO)(CC(C)C)C2)c1. The highest BCUT2D eigenvalue weighted by Crippen LogP contribution is 2.36. The molecule has 0 aliphatic carbocycles. The van der Waals surface area contributed by atoms with Crippen LogP contribution in [-0.2, 0) is 4.79 Å². The normalized spacial score (nSPS) is 20.6. The molecule has 1 aliphatic rings. The third-order valence-corrected chi connectivity index (χ3v) is 4.97. The zero-order valence-electron chi connectivity index (χ0n) is 15.1. The molecule has 0 saturated carbocycles. The Hall–Kier alpha value is -1.59. The van der Waals surface area contributed by atoms with Crippen LogP contribution in [0.15, 0.2) is 18.2 Å². The zero-order chi connectivity index (χ0) is 18.6. The summed E-state index contributed by atoms with van der Waals surface area (Å²) >= 11 is 6.23. The average molecular weight is 367 g/mol. The number of piperidine rings is 1. The molecule has 25 heavy (non-hydrogen) atoms. The van der Waals surface area contributed by atoms with Crippen LogP contribution >= 0.6 is 11.6 Å². The first-order valence-electron chi connectivity index (χ1n) is 8.73. The Balaban J connectivity index is 2.23. The summed E-state index contributed by atoms with van der Waals surface area (Å²) in [6, 6.07) is 4.91. The number of rotatable bonds is 5. The van der Waals surface area contributed by atoms with Gasteiger partial charge in [-0.15, -0.1) is 0 Å². The Morgan fingerprint density at radius 1 is 1.40 bits per heavy atom. The standard InChI is InChI=1S/C19H27ClN2O3/c1-13(2)10-19(12-23)7-4-8-22(11-19)18(25)16-9-15(21-14(3)24)5-6-17(16)20/h5-6,9,13,23H,4,7-8,10-12H2,1-3H3,(H,21,24)/t19-/m0/s1. The van der Waals surface area contributed by atoms with Gasteiger partial charge >= 0.3 is 0 Å². The van der Waals surface area contributed by atoms with Gasteiger partial charge in [0.05, 0.1) is 17.2 Å². The lowest BCUT2D eigenvalue weighted by atomic mass is 9.74. The van der Waals surface area contributed by atoms with Crippen molar-refractivity contribution in [3.8, 4) is 0 Å². The number of benzene rings is 1. The third kappa shape index (κ3) is 4.95. The molecule has 0 spiro atoms. The van der Waals surface area contributed by atoms with Crippen molar-refractivity contribution >= 4 is 29.1 Å². The fraction of sp³-hybridized carbons (Fsp3) is 0.579. The predicted octanol–water partition coefficient (Wildman–Crippen LogP) is 3.56.